The summed E-state index contributed by atoms with van der Waals surface area (Å²) in [6, 6.07) is 6.55. The number of hydrogen-bond donors (Lipinski definition) is 2. The molecule has 0 unspecified atom stereocenters. The number of likely N-dealkylation sites (tertiary alicyclic amines) is 1. The Labute approximate surface area is 157 Å². The van der Waals surface area contributed by atoms with E-state index in [-0.39, 0.29) is 35.6 Å². The monoisotopic (exact) mass is 372 g/mol. The van der Waals surface area contributed by atoms with Crippen LogP contribution in [0.15, 0.2) is 41.1 Å². The van der Waals surface area contributed by atoms with Crippen LogP contribution < -0.4 is 15.4 Å². The largest absolute Gasteiger partial charge is 0.468 e. The van der Waals surface area contributed by atoms with Crippen LogP contribution in [0.4, 0.5) is 0 Å². The maximum absolute atomic E-state index is 12.5. The van der Waals surface area contributed by atoms with E-state index in [1.807, 2.05) is 19.1 Å². The van der Waals surface area contributed by atoms with E-state index in [9.17, 15) is 9.59 Å². The number of aromatic nitrogens is 1. The minimum absolute atomic E-state index is 0.0298. The first-order chi connectivity index (χ1) is 13.1. The zero-order chi connectivity index (χ0) is 19.2. The van der Waals surface area contributed by atoms with Gasteiger partial charge < -0.3 is 19.8 Å². The summed E-state index contributed by atoms with van der Waals surface area (Å²) in [7, 11) is 1.48. The molecule has 144 valence electrons. The molecule has 1 aliphatic heterocycles. The van der Waals surface area contributed by atoms with Gasteiger partial charge in [0, 0.05) is 44.1 Å². The fourth-order valence-corrected chi connectivity index (χ4v) is 3.28. The Morgan fingerprint density at radius 3 is 2.89 bits per heavy atom. The van der Waals surface area contributed by atoms with Crippen LogP contribution in [-0.4, -0.2) is 54.0 Å². The number of carbonyl (C=O) groups excluding carboxylic acids is 2. The molecule has 0 aliphatic carbocycles. The van der Waals surface area contributed by atoms with Crippen molar-refractivity contribution in [2.45, 2.75) is 32.0 Å². The number of hydrogen-bond acceptors (Lipinski definition) is 6. The highest BCUT2D eigenvalue weighted by Crippen LogP contribution is 2.22. The van der Waals surface area contributed by atoms with Crippen molar-refractivity contribution in [1.82, 2.24) is 20.5 Å². The summed E-state index contributed by atoms with van der Waals surface area (Å²) >= 11 is 0. The van der Waals surface area contributed by atoms with Gasteiger partial charge in [-0.1, -0.05) is 6.07 Å². The molecule has 27 heavy (non-hydrogen) atoms. The van der Waals surface area contributed by atoms with Gasteiger partial charge in [-0.3, -0.25) is 19.5 Å². The van der Waals surface area contributed by atoms with Crippen LogP contribution in [0.1, 0.15) is 29.5 Å². The van der Waals surface area contributed by atoms with E-state index in [0.717, 1.165) is 5.56 Å². The lowest BCUT2D eigenvalue weighted by Gasteiger charge is -2.23. The molecule has 0 bridgehead atoms. The van der Waals surface area contributed by atoms with E-state index in [1.165, 1.54) is 7.11 Å². The summed E-state index contributed by atoms with van der Waals surface area (Å²) in [4.78, 5) is 31.1. The normalized spacial score (nSPS) is 19.6. The zero-order valence-electron chi connectivity index (χ0n) is 15.5. The second-order valence-corrected chi connectivity index (χ2v) is 6.43. The molecule has 0 radical (unpaired) electrons. The Balaban J connectivity index is 1.67. The first-order valence-electron chi connectivity index (χ1n) is 8.96. The highest BCUT2D eigenvalue weighted by Gasteiger charge is 2.37. The van der Waals surface area contributed by atoms with Crippen molar-refractivity contribution in [2.75, 3.05) is 20.2 Å². The fourth-order valence-electron chi connectivity index (χ4n) is 3.28. The van der Waals surface area contributed by atoms with Crippen molar-refractivity contribution in [1.29, 1.82) is 0 Å². The summed E-state index contributed by atoms with van der Waals surface area (Å²) in [6.45, 7) is 3.62. The molecule has 0 aromatic carbocycles. The molecule has 2 amide bonds. The fraction of sp³-hybridized carbons (Fsp3) is 0.421. The van der Waals surface area contributed by atoms with Gasteiger partial charge in [-0.05, 0) is 31.0 Å². The number of methoxy groups -OCH3 is 1. The number of rotatable bonds is 7. The van der Waals surface area contributed by atoms with Gasteiger partial charge in [0.15, 0.2) is 5.76 Å². The Bertz CT molecular complexity index is 777. The van der Waals surface area contributed by atoms with Crippen molar-refractivity contribution in [3.8, 4) is 5.95 Å². The van der Waals surface area contributed by atoms with Gasteiger partial charge in [-0.15, -0.1) is 0 Å². The van der Waals surface area contributed by atoms with Gasteiger partial charge in [-0.2, -0.15) is 0 Å². The van der Waals surface area contributed by atoms with Crippen molar-refractivity contribution >= 4 is 11.8 Å². The first kappa shape index (κ1) is 18.9. The quantitative estimate of drug-likeness (QED) is 0.758. The van der Waals surface area contributed by atoms with Gasteiger partial charge in [0.05, 0.1) is 13.2 Å². The Kier molecular flexibility index (Phi) is 6.08. The van der Waals surface area contributed by atoms with Crippen LogP contribution >= 0.6 is 0 Å². The smallest absolute Gasteiger partial charge is 0.287 e. The van der Waals surface area contributed by atoms with E-state index in [4.69, 9.17) is 9.15 Å². The highest BCUT2D eigenvalue weighted by molar-refractivity contribution is 5.92. The number of amides is 2. The number of ether oxygens (including phenoxy) is 1. The van der Waals surface area contributed by atoms with Gasteiger partial charge in [0.1, 0.15) is 0 Å². The predicted molar refractivity (Wildman–Crippen MR) is 98.2 cm³/mol. The van der Waals surface area contributed by atoms with Crippen LogP contribution in [0, 0.1) is 0 Å². The number of likely N-dealkylation sites (N-methyl/N-ethyl adjacent to an activating group) is 1. The van der Waals surface area contributed by atoms with Crippen LogP contribution in [0.2, 0.25) is 0 Å². The van der Waals surface area contributed by atoms with Gasteiger partial charge in [0.25, 0.3) is 11.9 Å². The molecule has 2 aromatic heterocycles. The summed E-state index contributed by atoms with van der Waals surface area (Å²) in [5.41, 5.74) is 1.02. The Hall–Kier alpha value is -2.87. The lowest BCUT2D eigenvalue weighted by molar-refractivity contribution is -0.125. The molecule has 8 nitrogen and oxygen atoms in total. The van der Waals surface area contributed by atoms with E-state index in [0.29, 0.717) is 26.1 Å². The van der Waals surface area contributed by atoms with E-state index in [2.05, 4.69) is 20.5 Å². The van der Waals surface area contributed by atoms with Crippen LogP contribution in [0.3, 0.4) is 0 Å². The molecule has 0 spiro atoms. The maximum Gasteiger partial charge on any atom is 0.287 e. The average Bonchev–Trinajstić information content (AvgIpc) is 3.30. The van der Waals surface area contributed by atoms with Crippen molar-refractivity contribution in [3.05, 3.63) is 48.0 Å². The molecule has 1 saturated heterocycles. The lowest BCUT2D eigenvalue weighted by Crippen LogP contribution is -2.42. The second kappa shape index (κ2) is 8.68. The summed E-state index contributed by atoms with van der Waals surface area (Å²) in [5, 5.41) is 5.83. The van der Waals surface area contributed by atoms with E-state index >= 15 is 0 Å². The second-order valence-electron chi connectivity index (χ2n) is 6.43. The van der Waals surface area contributed by atoms with Gasteiger partial charge in [0.2, 0.25) is 5.91 Å². The highest BCUT2D eigenvalue weighted by atomic mass is 16.6. The van der Waals surface area contributed by atoms with E-state index in [1.54, 1.807) is 24.5 Å². The molecular formula is C19H24N4O4. The Morgan fingerprint density at radius 2 is 2.22 bits per heavy atom. The first-order valence-corrected chi connectivity index (χ1v) is 8.96. The molecule has 3 rings (SSSR count). The topological polar surface area (TPSA) is 96.7 Å². The lowest BCUT2D eigenvalue weighted by atomic mass is 10.1. The molecule has 1 fully saturated rings. The number of pyridine rings is 1. The van der Waals surface area contributed by atoms with Crippen LogP contribution in [-0.2, 0) is 11.3 Å². The molecule has 3 heterocycles. The zero-order valence-corrected chi connectivity index (χ0v) is 15.5. The predicted octanol–water partition coefficient (Wildman–Crippen LogP) is 1.19. The number of nitrogens with zero attached hydrogens (tertiary/aromatic N) is 2. The van der Waals surface area contributed by atoms with Crippen molar-refractivity contribution in [3.63, 3.8) is 0 Å². The van der Waals surface area contributed by atoms with Crippen LogP contribution in [0.5, 0.6) is 5.95 Å². The summed E-state index contributed by atoms with van der Waals surface area (Å²) < 4.78 is 10.3. The van der Waals surface area contributed by atoms with Crippen molar-refractivity contribution in [2.24, 2.45) is 0 Å². The molecular weight excluding hydrogens is 348 g/mol. The summed E-state index contributed by atoms with van der Waals surface area (Å²) in [6.07, 6.45) is 4.04. The molecule has 8 heteroatoms. The SMILES string of the molecule is CCNC(=O)[C@@H]1C[C@H](NC(=O)c2ccc(OC)o2)CN1Cc1cccnc1. The molecule has 2 atom stereocenters. The maximum atomic E-state index is 12.5. The van der Waals surface area contributed by atoms with Crippen molar-refractivity contribution < 1.29 is 18.7 Å². The third-order valence-electron chi connectivity index (χ3n) is 4.51. The third-order valence-corrected chi connectivity index (χ3v) is 4.51. The minimum Gasteiger partial charge on any atom is -0.468 e. The summed E-state index contributed by atoms with van der Waals surface area (Å²) in [5.74, 6) is 0.121. The number of furan rings is 1. The van der Waals surface area contributed by atoms with E-state index < -0.39 is 0 Å². The Morgan fingerprint density at radius 1 is 1.37 bits per heavy atom. The number of nitrogens with one attached hydrogen (secondary N) is 2. The molecule has 1 aliphatic rings. The van der Waals surface area contributed by atoms with Gasteiger partial charge >= 0.3 is 0 Å². The number of carbonyl (C=O) groups is 2. The molecule has 0 saturated carbocycles. The molecule has 2 N–H and O–H groups in total. The van der Waals surface area contributed by atoms with Crippen LogP contribution in [0.25, 0.3) is 0 Å². The third kappa shape index (κ3) is 4.65. The molecule has 2 aromatic rings. The minimum atomic E-state index is -0.318. The van der Waals surface area contributed by atoms with Gasteiger partial charge in [-0.25, -0.2) is 0 Å². The standard InChI is InChI=1S/C19H24N4O4/c1-3-21-18(24)15-9-14(12-23(15)11-13-5-4-8-20-10-13)22-19(25)16-6-7-17(26-2)27-16/h4-8,10,14-15H,3,9,11-12H2,1-2H3,(H,21,24)(H,22,25)/t14-,15-/m0/s1. The average molecular weight is 372 g/mol.